The van der Waals surface area contributed by atoms with E-state index in [9.17, 15) is 8.42 Å². The van der Waals surface area contributed by atoms with Gasteiger partial charge in [-0.3, -0.25) is 0 Å². The molecule has 1 aromatic rings. The number of sulfonamides is 1. The van der Waals surface area contributed by atoms with Gasteiger partial charge in [-0.2, -0.15) is 0 Å². The van der Waals surface area contributed by atoms with Crippen molar-refractivity contribution < 1.29 is 8.42 Å². The summed E-state index contributed by atoms with van der Waals surface area (Å²) in [4.78, 5) is 0.270. The Bertz CT molecular complexity index is 563. The van der Waals surface area contributed by atoms with Crippen LogP contribution in [0.1, 0.15) is 25.3 Å². The molecule has 1 fully saturated rings. The second-order valence-electron chi connectivity index (χ2n) is 5.06. The summed E-state index contributed by atoms with van der Waals surface area (Å²) in [6, 6.07) is 5.27. The Balaban J connectivity index is 0.00000200. The van der Waals surface area contributed by atoms with Crippen LogP contribution in [0.4, 0.5) is 0 Å². The maximum absolute atomic E-state index is 12.4. The van der Waals surface area contributed by atoms with E-state index >= 15 is 0 Å². The molecule has 0 bridgehead atoms. The lowest BCUT2D eigenvalue weighted by Crippen LogP contribution is -2.46. The van der Waals surface area contributed by atoms with Crippen LogP contribution in [0, 0.1) is 6.92 Å². The molecule has 2 rings (SSSR count). The van der Waals surface area contributed by atoms with Crippen molar-refractivity contribution in [1.29, 1.82) is 0 Å². The van der Waals surface area contributed by atoms with Gasteiger partial charge in [-0.15, -0.1) is 12.4 Å². The maximum atomic E-state index is 12.4. The summed E-state index contributed by atoms with van der Waals surface area (Å²) < 4.78 is 27.6. The van der Waals surface area contributed by atoms with Crippen LogP contribution in [0.3, 0.4) is 0 Å². The predicted molar refractivity (Wildman–Crippen MR) is 84.2 cm³/mol. The summed E-state index contributed by atoms with van der Waals surface area (Å²) in [6.07, 6.45) is 1.61. The zero-order valence-electron chi connectivity index (χ0n) is 11.5. The van der Waals surface area contributed by atoms with Gasteiger partial charge < -0.3 is 5.32 Å². The van der Waals surface area contributed by atoms with Crippen LogP contribution < -0.4 is 10.0 Å². The van der Waals surface area contributed by atoms with E-state index in [2.05, 4.69) is 17.0 Å². The maximum Gasteiger partial charge on any atom is 0.241 e. The number of nitrogens with one attached hydrogen (secondary N) is 2. The van der Waals surface area contributed by atoms with E-state index < -0.39 is 10.0 Å². The molecule has 1 aliphatic heterocycles. The highest BCUT2D eigenvalue weighted by atomic mass is 35.5. The first kappa shape index (κ1) is 17.7. The van der Waals surface area contributed by atoms with Gasteiger partial charge in [-0.05, 0) is 50.9 Å². The topological polar surface area (TPSA) is 58.2 Å². The largest absolute Gasteiger partial charge is 0.314 e. The molecule has 0 aliphatic carbocycles. The molecule has 4 nitrogen and oxygen atoms in total. The molecule has 2 unspecified atom stereocenters. The van der Waals surface area contributed by atoms with Crippen molar-refractivity contribution in [2.45, 2.75) is 43.7 Å². The number of piperidine rings is 1. The van der Waals surface area contributed by atoms with Gasteiger partial charge in [0.05, 0.1) is 4.90 Å². The van der Waals surface area contributed by atoms with Gasteiger partial charge in [-0.1, -0.05) is 17.7 Å². The third kappa shape index (κ3) is 4.09. The van der Waals surface area contributed by atoms with Crippen LogP contribution >= 0.6 is 24.0 Å². The van der Waals surface area contributed by atoms with Gasteiger partial charge in [0.25, 0.3) is 0 Å². The fraction of sp³-hybridized carbons (Fsp3) is 0.538. The SMILES string of the molecule is Cc1c(Cl)cccc1S(=O)(=O)NC1CCNC(C)C1.Cl. The Morgan fingerprint density at radius 2 is 2.10 bits per heavy atom. The summed E-state index contributed by atoms with van der Waals surface area (Å²) in [5, 5.41) is 3.78. The van der Waals surface area contributed by atoms with Gasteiger partial charge in [0.15, 0.2) is 0 Å². The normalized spacial score (nSPS) is 23.1. The van der Waals surface area contributed by atoms with E-state index in [-0.39, 0.29) is 23.3 Å². The molecule has 7 heteroatoms. The molecule has 114 valence electrons. The first-order chi connectivity index (χ1) is 8.90. The minimum Gasteiger partial charge on any atom is -0.314 e. The average molecular weight is 339 g/mol. The summed E-state index contributed by atoms with van der Waals surface area (Å²) >= 11 is 5.98. The van der Waals surface area contributed by atoms with E-state index in [1.54, 1.807) is 25.1 Å². The summed E-state index contributed by atoms with van der Waals surface area (Å²) in [7, 11) is -3.50. The van der Waals surface area contributed by atoms with Gasteiger partial charge in [0.2, 0.25) is 10.0 Å². The van der Waals surface area contributed by atoms with E-state index in [4.69, 9.17) is 11.6 Å². The van der Waals surface area contributed by atoms with Gasteiger partial charge in [0.1, 0.15) is 0 Å². The molecule has 2 N–H and O–H groups in total. The fourth-order valence-electron chi connectivity index (χ4n) is 2.40. The highest BCUT2D eigenvalue weighted by Crippen LogP contribution is 2.23. The number of hydrogen-bond donors (Lipinski definition) is 2. The Hall–Kier alpha value is -0.330. The molecule has 0 saturated carbocycles. The van der Waals surface area contributed by atoms with Crippen LogP contribution in [0.25, 0.3) is 0 Å². The van der Waals surface area contributed by atoms with E-state index in [0.29, 0.717) is 16.6 Å². The lowest BCUT2D eigenvalue weighted by molar-refractivity contribution is 0.361. The number of benzene rings is 1. The van der Waals surface area contributed by atoms with Crippen molar-refractivity contribution in [3.63, 3.8) is 0 Å². The first-order valence-corrected chi connectivity index (χ1v) is 8.27. The van der Waals surface area contributed by atoms with Crippen molar-refractivity contribution in [2.75, 3.05) is 6.54 Å². The van der Waals surface area contributed by atoms with Crippen molar-refractivity contribution >= 4 is 34.0 Å². The van der Waals surface area contributed by atoms with Crippen LogP contribution in [-0.4, -0.2) is 27.0 Å². The lowest BCUT2D eigenvalue weighted by atomic mass is 10.0. The average Bonchev–Trinajstić information content (AvgIpc) is 2.32. The predicted octanol–water partition coefficient (Wildman–Crippen LogP) is 2.49. The Morgan fingerprint density at radius 1 is 1.40 bits per heavy atom. The van der Waals surface area contributed by atoms with Gasteiger partial charge in [-0.25, -0.2) is 13.1 Å². The summed E-state index contributed by atoms with van der Waals surface area (Å²) in [5.74, 6) is 0. The van der Waals surface area contributed by atoms with Crippen molar-refractivity contribution in [3.05, 3.63) is 28.8 Å². The minimum atomic E-state index is -3.50. The van der Waals surface area contributed by atoms with Crippen molar-refractivity contribution in [3.8, 4) is 0 Å². The standard InChI is InChI=1S/C13H19ClN2O2S.ClH/c1-9-8-11(6-7-15-9)16-19(17,18)13-5-3-4-12(14)10(13)2;/h3-5,9,11,15-16H,6-8H2,1-2H3;1H. The third-order valence-electron chi connectivity index (χ3n) is 3.45. The molecule has 0 spiro atoms. The monoisotopic (exact) mass is 338 g/mol. The molecule has 20 heavy (non-hydrogen) atoms. The van der Waals surface area contributed by atoms with E-state index in [1.807, 2.05) is 0 Å². The quantitative estimate of drug-likeness (QED) is 0.890. The van der Waals surface area contributed by atoms with Crippen LogP contribution in [0.2, 0.25) is 5.02 Å². The summed E-state index contributed by atoms with van der Waals surface area (Å²) in [5.41, 5.74) is 0.596. The Labute approximate surface area is 131 Å². The molecule has 0 amide bonds. The molecule has 0 radical (unpaired) electrons. The van der Waals surface area contributed by atoms with E-state index in [0.717, 1.165) is 19.4 Å². The molecule has 1 aliphatic rings. The highest BCUT2D eigenvalue weighted by molar-refractivity contribution is 7.89. The molecule has 1 saturated heterocycles. The Kier molecular flexibility index (Phi) is 6.28. The molecule has 2 atom stereocenters. The molecular weight excluding hydrogens is 319 g/mol. The highest BCUT2D eigenvalue weighted by Gasteiger charge is 2.25. The first-order valence-electron chi connectivity index (χ1n) is 6.41. The zero-order valence-corrected chi connectivity index (χ0v) is 13.9. The van der Waals surface area contributed by atoms with Crippen molar-refractivity contribution in [1.82, 2.24) is 10.0 Å². The molecule has 1 heterocycles. The zero-order chi connectivity index (χ0) is 14.0. The second kappa shape index (κ2) is 7.09. The number of halogens is 2. The minimum absolute atomic E-state index is 0. The van der Waals surface area contributed by atoms with Crippen LogP contribution in [0.5, 0.6) is 0 Å². The second-order valence-corrected chi connectivity index (χ2v) is 7.15. The van der Waals surface area contributed by atoms with Crippen LogP contribution in [0.15, 0.2) is 23.1 Å². The lowest BCUT2D eigenvalue weighted by Gasteiger charge is -2.28. The van der Waals surface area contributed by atoms with Gasteiger partial charge in [0, 0.05) is 17.1 Å². The van der Waals surface area contributed by atoms with E-state index in [1.165, 1.54) is 0 Å². The van der Waals surface area contributed by atoms with Crippen LogP contribution in [-0.2, 0) is 10.0 Å². The number of rotatable bonds is 3. The summed E-state index contributed by atoms with van der Waals surface area (Å²) in [6.45, 7) is 4.62. The van der Waals surface area contributed by atoms with Crippen molar-refractivity contribution in [2.24, 2.45) is 0 Å². The molecular formula is C13H20Cl2N2O2S. The van der Waals surface area contributed by atoms with Gasteiger partial charge >= 0.3 is 0 Å². The molecule has 0 aromatic heterocycles. The number of hydrogen-bond acceptors (Lipinski definition) is 3. The smallest absolute Gasteiger partial charge is 0.241 e. The Morgan fingerprint density at radius 3 is 2.75 bits per heavy atom. The fourth-order valence-corrected chi connectivity index (χ4v) is 4.18. The third-order valence-corrected chi connectivity index (χ3v) is 5.53. The molecule has 1 aromatic carbocycles.